The first kappa shape index (κ1) is 6.80. The Labute approximate surface area is 69.9 Å². The molecule has 56 valence electrons. The maximum atomic E-state index is 5.86. The Morgan fingerprint density at radius 1 is 1.45 bits per heavy atom. The van der Waals surface area contributed by atoms with E-state index in [0.29, 0.717) is 5.17 Å². The van der Waals surface area contributed by atoms with Crippen LogP contribution in [0.2, 0.25) is 0 Å². The Morgan fingerprint density at radius 3 is 3.18 bits per heavy atom. The first-order chi connectivity index (χ1) is 5.38. The minimum Gasteiger partial charge on any atom is -0.272 e. The Morgan fingerprint density at radius 2 is 2.36 bits per heavy atom. The summed E-state index contributed by atoms with van der Waals surface area (Å²) >= 11 is 5.86. The van der Waals surface area contributed by atoms with Gasteiger partial charge < -0.3 is 0 Å². The second-order valence-electron chi connectivity index (χ2n) is 2.46. The summed E-state index contributed by atoms with van der Waals surface area (Å²) in [5, 5.41) is 0.597. The van der Waals surface area contributed by atoms with E-state index in [4.69, 9.17) is 11.6 Å². The zero-order valence-electron chi connectivity index (χ0n) is 5.92. The summed E-state index contributed by atoms with van der Waals surface area (Å²) in [6, 6.07) is 1.99. The molecule has 0 spiro atoms. The van der Waals surface area contributed by atoms with Crippen molar-refractivity contribution >= 4 is 16.8 Å². The molecule has 1 aliphatic heterocycles. The van der Waals surface area contributed by atoms with Crippen LogP contribution < -0.4 is 0 Å². The number of aliphatic imine (C=N–C) groups is 1. The van der Waals surface area contributed by atoms with Crippen molar-refractivity contribution in [2.24, 2.45) is 4.99 Å². The quantitative estimate of drug-likeness (QED) is 0.575. The molecule has 3 heteroatoms. The summed E-state index contributed by atoms with van der Waals surface area (Å²) in [4.78, 5) is 8.10. The molecule has 2 heterocycles. The summed E-state index contributed by atoms with van der Waals surface area (Å²) in [6.07, 6.45) is 4.53. The Bertz CT molecular complexity index is 307. The van der Waals surface area contributed by atoms with Crippen molar-refractivity contribution in [2.75, 3.05) is 6.54 Å². The predicted octanol–water partition coefficient (Wildman–Crippen LogP) is 1.62. The van der Waals surface area contributed by atoms with Crippen molar-refractivity contribution in [3.8, 4) is 0 Å². The molecule has 0 amide bonds. The third-order valence-corrected chi connectivity index (χ3v) is 2.09. The van der Waals surface area contributed by atoms with Gasteiger partial charge in [0.25, 0.3) is 0 Å². The van der Waals surface area contributed by atoms with Crippen LogP contribution in [0.25, 0.3) is 0 Å². The van der Waals surface area contributed by atoms with E-state index in [2.05, 4.69) is 9.98 Å². The summed E-state index contributed by atoms with van der Waals surface area (Å²) in [5.74, 6) is 0. The summed E-state index contributed by atoms with van der Waals surface area (Å²) in [5.41, 5.74) is 2.24. The molecule has 0 radical (unpaired) electrons. The number of hydrogen-bond acceptors (Lipinski definition) is 2. The maximum absolute atomic E-state index is 5.86. The van der Waals surface area contributed by atoms with E-state index in [1.165, 1.54) is 5.56 Å². The number of nitrogens with zero attached hydrogens (tertiary/aromatic N) is 2. The van der Waals surface area contributed by atoms with Gasteiger partial charge in [-0.25, -0.2) is 0 Å². The molecule has 0 N–H and O–H groups in total. The lowest BCUT2D eigenvalue weighted by Gasteiger charge is -2.10. The van der Waals surface area contributed by atoms with Gasteiger partial charge in [-0.15, -0.1) is 0 Å². The number of rotatable bonds is 0. The first-order valence-electron chi connectivity index (χ1n) is 3.51. The summed E-state index contributed by atoms with van der Waals surface area (Å²) in [7, 11) is 0. The van der Waals surface area contributed by atoms with Gasteiger partial charge in [0.1, 0.15) is 5.17 Å². The SMILES string of the molecule is ClC1=NCCc2ccncc21. The zero-order valence-corrected chi connectivity index (χ0v) is 6.67. The third-order valence-electron chi connectivity index (χ3n) is 1.77. The van der Waals surface area contributed by atoms with Gasteiger partial charge in [0, 0.05) is 24.5 Å². The summed E-state index contributed by atoms with van der Waals surface area (Å²) in [6.45, 7) is 0.801. The molecule has 1 aromatic heterocycles. The maximum Gasteiger partial charge on any atom is 0.132 e. The monoisotopic (exact) mass is 166 g/mol. The molecular weight excluding hydrogens is 160 g/mol. The highest BCUT2D eigenvalue weighted by Gasteiger charge is 2.10. The fourth-order valence-electron chi connectivity index (χ4n) is 1.19. The first-order valence-corrected chi connectivity index (χ1v) is 3.89. The minimum atomic E-state index is 0.597. The number of halogens is 1. The molecule has 2 nitrogen and oxygen atoms in total. The van der Waals surface area contributed by atoms with Crippen LogP contribution >= 0.6 is 11.6 Å². The van der Waals surface area contributed by atoms with Gasteiger partial charge in [-0.05, 0) is 18.1 Å². The van der Waals surface area contributed by atoms with E-state index < -0.39 is 0 Å². The smallest absolute Gasteiger partial charge is 0.132 e. The van der Waals surface area contributed by atoms with Crippen molar-refractivity contribution in [3.63, 3.8) is 0 Å². The summed E-state index contributed by atoms with van der Waals surface area (Å²) < 4.78 is 0. The van der Waals surface area contributed by atoms with Crippen LogP contribution in [0.15, 0.2) is 23.5 Å². The van der Waals surface area contributed by atoms with E-state index in [-0.39, 0.29) is 0 Å². The lowest BCUT2D eigenvalue weighted by Crippen LogP contribution is -2.07. The second-order valence-corrected chi connectivity index (χ2v) is 2.81. The Hall–Kier alpha value is -0.890. The fourth-order valence-corrected chi connectivity index (χ4v) is 1.44. The highest BCUT2D eigenvalue weighted by atomic mass is 35.5. The van der Waals surface area contributed by atoms with Gasteiger partial charge in [0.15, 0.2) is 0 Å². The van der Waals surface area contributed by atoms with Crippen LogP contribution in [-0.2, 0) is 6.42 Å². The molecule has 0 unspecified atom stereocenters. The molecule has 0 saturated heterocycles. The van der Waals surface area contributed by atoms with Crippen LogP contribution in [0.1, 0.15) is 11.1 Å². The highest BCUT2D eigenvalue weighted by Crippen LogP contribution is 2.15. The standard InChI is InChI=1S/C8H7ClN2/c9-8-7-5-10-3-1-6(7)2-4-11-8/h1,3,5H,2,4H2. The molecule has 1 aromatic rings. The topological polar surface area (TPSA) is 25.2 Å². The molecule has 0 aromatic carbocycles. The second kappa shape index (κ2) is 2.62. The number of fused-ring (bicyclic) bond motifs is 1. The van der Waals surface area contributed by atoms with Crippen molar-refractivity contribution in [3.05, 3.63) is 29.6 Å². The van der Waals surface area contributed by atoms with Gasteiger partial charge in [0.2, 0.25) is 0 Å². The van der Waals surface area contributed by atoms with Crippen LogP contribution in [0, 0.1) is 0 Å². The van der Waals surface area contributed by atoms with Crippen molar-refractivity contribution in [1.29, 1.82) is 0 Å². The largest absolute Gasteiger partial charge is 0.272 e. The molecule has 0 atom stereocenters. The molecule has 1 aliphatic rings. The van der Waals surface area contributed by atoms with Crippen LogP contribution in [0.3, 0.4) is 0 Å². The van der Waals surface area contributed by atoms with Gasteiger partial charge in [-0.3, -0.25) is 9.98 Å². The van der Waals surface area contributed by atoms with E-state index >= 15 is 0 Å². The van der Waals surface area contributed by atoms with Crippen LogP contribution in [-0.4, -0.2) is 16.7 Å². The molecule has 0 saturated carbocycles. The molecule has 0 aliphatic carbocycles. The van der Waals surface area contributed by atoms with E-state index in [1.807, 2.05) is 6.07 Å². The van der Waals surface area contributed by atoms with Crippen molar-refractivity contribution < 1.29 is 0 Å². The molecule has 11 heavy (non-hydrogen) atoms. The third kappa shape index (κ3) is 1.14. The molecule has 0 bridgehead atoms. The lowest BCUT2D eigenvalue weighted by molar-refractivity contribution is 0.943. The van der Waals surface area contributed by atoms with Crippen LogP contribution in [0.5, 0.6) is 0 Å². The average Bonchev–Trinajstić information content (AvgIpc) is 2.06. The highest BCUT2D eigenvalue weighted by molar-refractivity contribution is 6.69. The van der Waals surface area contributed by atoms with Gasteiger partial charge >= 0.3 is 0 Å². The molecule has 0 fully saturated rings. The fraction of sp³-hybridized carbons (Fsp3) is 0.250. The van der Waals surface area contributed by atoms with Crippen LogP contribution in [0.4, 0.5) is 0 Å². The van der Waals surface area contributed by atoms with E-state index in [1.54, 1.807) is 12.4 Å². The molecular formula is C8H7ClN2. The van der Waals surface area contributed by atoms with Gasteiger partial charge in [-0.2, -0.15) is 0 Å². The lowest BCUT2D eigenvalue weighted by atomic mass is 10.1. The average molecular weight is 167 g/mol. The van der Waals surface area contributed by atoms with E-state index in [0.717, 1.165) is 18.5 Å². The van der Waals surface area contributed by atoms with Crippen molar-refractivity contribution in [2.45, 2.75) is 6.42 Å². The normalized spacial score (nSPS) is 15.5. The Balaban J connectivity index is 2.56. The zero-order chi connectivity index (χ0) is 7.68. The minimum absolute atomic E-state index is 0.597. The number of hydrogen-bond donors (Lipinski definition) is 0. The predicted molar refractivity (Wildman–Crippen MR) is 45.2 cm³/mol. The van der Waals surface area contributed by atoms with Gasteiger partial charge in [-0.1, -0.05) is 11.6 Å². The number of aromatic nitrogens is 1. The molecule has 2 rings (SSSR count). The number of pyridine rings is 1. The van der Waals surface area contributed by atoms with E-state index in [9.17, 15) is 0 Å². The Kier molecular flexibility index (Phi) is 1.62. The van der Waals surface area contributed by atoms with Crippen molar-refractivity contribution in [1.82, 2.24) is 4.98 Å². The van der Waals surface area contributed by atoms with Gasteiger partial charge in [0.05, 0.1) is 0 Å².